The third kappa shape index (κ3) is 2.47. The van der Waals surface area contributed by atoms with Gasteiger partial charge in [0.05, 0.1) is 13.1 Å². The van der Waals surface area contributed by atoms with Crippen molar-refractivity contribution >= 4 is 5.91 Å². The molecule has 1 heterocycles. The summed E-state index contributed by atoms with van der Waals surface area (Å²) in [4.78, 5) is 12.9. The van der Waals surface area contributed by atoms with Crippen LogP contribution in [0.1, 0.15) is 27.2 Å². The van der Waals surface area contributed by atoms with Gasteiger partial charge in [-0.15, -0.1) is 0 Å². The Kier molecular flexibility index (Phi) is 2.40. The van der Waals surface area contributed by atoms with Gasteiger partial charge in [-0.25, -0.2) is 4.39 Å². The molecule has 1 aliphatic rings. The highest BCUT2D eigenvalue weighted by atomic mass is 19.1. The molecular weight excluding hydrogens is 157 g/mol. The van der Waals surface area contributed by atoms with Crippen molar-refractivity contribution < 1.29 is 9.18 Å². The van der Waals surface area contributed by atoms with Gasteiger partial charge >= 0.3 is 0 Å². The zero-order valence-corrected chi connectivity index (χ0v) is 7.93. The number of carbonyl (C=O) groups excluding carboxylic acids is 1. The first kappa shape index (κ1) is 9.49. The van der Waals surface area contributed by atoms with Crippen LogP contribution in [0.2, 0.25) is 0 Å². The molecule has 0 radical (unpaired) electrons. The van der Waals surface area contributed by atoms with E-state index in [1.54, 1.807) is 4.90 Å². The predicted octanol–water partition coefficient (Wildman–Crippen LogP) is 1.60. The Morgan fingerprint density at radius 1 is 1.50 bits per heavy atom. The predicted molar refractivity (Wildman–Crippen MR) is 45.5 cm³/mol. The molecule has 0 aromatic rings. The zero-order valence-electron chi connectivity index (χ0n) is 7.93. The van der Waals surface area contributed by atoms with Gasteiger partial charge in [0.1, 0.15) is 6.17 Å². The molecule has 1 rings (SSSR count). The molecule has 0 aromatic carbocycles. The summed E-state index contributed by atoms with van der Waals surface area (Å²) in [6, 6.07) is 0. The van der Waals surface area contributed by atoms with Crippen LogP contribution >= 0.6 is 0 Å². The van der Waals surface area contributed by atoms with E-state index in [1.807, 2.05) is 20.8 Å². The summed E-state index contributed by atoms with van der Waals surface area (Å²) in [7, 11) is 0. The summed E-state index contributed by atoms with van der Waals surface area (Å²) in [5.41, 5.74) is 0.0124. The number of hydrogen-bond donors (Lipinski definition) is 0. The van der Waals surface area contributed by atoms with Crippen molar-refractivity contribution in [1.82, 2.24) is 4.90 Å². The van der Waals surface area contributed by atoms with Crippen LogP contribution in [0.5, 0.6) is 0 Å². The maximum Gasteiger partial charge on any atom is 0.223 e. The van der Waals surface area contributed by atoms with Crippen LogP contribution in [-0.2, 0) is 4.79 Å². The first-order chi connectivity index (χ1) is 5.38. The van der Waals surface area contributed by atoms with E-state index < -0.39 is 6.17 Å². The Labute approximate surface area is 72.7 Å². The SMILES string of the molecule is CC(C)(C)CC(=O)N1CC(F)C1. The number of alkyl halides is 1. The molecule has 1 saturated heterocycles. The Balaban J connectivity index is 2.30. The molecule has 12 heavy (non-hydrogen) atoms. The summed E-state index contributed by atoms with van der Waals surface area (Å²) >= 11 is 0. The molecule has 1 aliphatic heterocycles. The molecule has 70 valence electrons. The fourth-order valence-electron chi connectivity index (χ4n) is 1.19. The van der Waals surface area contributed by atoms with Crippen molar-refractivity contribution in [3.63, 3.8) is 0 Å². The number of likely N-dealkylation sites (tertiary alicyclic amines) is 1. The highest BCUT2D eigenvalue weighted by molar-refractivity contribution is 5.77. The topological polar surface area (TPSA) is 20.3 Å². The number of rotatable bonds is 1. The minimum atomic E-state index is -0.783. The number of hydrogen-bond acceptors (Lipinski definition) is 1. The molecule has 0 N–H and O–H groups in total. The summed E-state index contributed by atoms with van der Waals surface area (Å²) in [6.45, 7) is 6.64. The molecule has 0 aromatic heterocycles. The van der Waals surface area contributed by atoms with Gasteiger partial charge < -0.3 is 4.90 Å². The summed E-state index contributed by atoms with van der Waals surface area (Å²) in [6.07, 6.45) is -0.270. The number of carbonyl (C=O) groups is 1. The third-order valence-corrected chi connectivity index (χ3v) is 1.87. The van der Waals surface area contributed by atoms with Crippen LogP contribution < -0.4 is 0 Å². The summed E-state index contributed by atoms with van der Waals surface area (Å²) in [5, 5.41) is 0. The van der Waals surface area contributed by atoms with Gasteiger partial charge in [0.15, 0.2) is 0 Å². The quantitative estimate of drug-likeness (QED) is 0.590. The lowest BCUT2D eigenvalue weighted by atomic mass is 9.91. The molecule has 3 heteroatoms. The lowest BCUT2D eigenvalue weighted by Gasteiger charge is -2.36. The van der Waals surface area contributed by atoms with Crippen LogP contribution in [0.3, 0.4) is 0 Å². The molecule has 0 spiro atoms. The Morgan fingerprint density at radius 3 is 2.33 bits per heavy atom. The van der Waals surface area contributed by atoms with Crippen LogP contribution in [0.15, 0.2) is 0 Å². The van der Waals surface area contributed by atoms with Crippen molar-refractivity contribution in [2.75, 3.05) is 13.1 Å². The molecular formula is C9H16FNO. The standard InChI is InChI=1S/C9H16FNO/c1-9(2,3)4-8(12)11-5-7(10)6-11/h7H,4-6H2,1-3H3. The van der Waals surface area contributed by atoms with E-state index in [2.05, 4.69) is 0 Å². The van der Waals surface area contributed by atoms with Gasteiger partial charge in [-0.2, -0.15) is 0 Å². The van der Waals surface area contributed by atoms with Gasteiger partial charge in [0.2, 0.25) is 5.91 Å². The van der Waals surface area contributed by atoms with Crippen molar-refractivity contribution in [2.24, 2.45) is 5.41 Å². The Morgan fingerprint density at radius 2 is 2.00 bits per heavy atom. The van der Waals surface area contributed by atoms with Gasteiger partial charge in [0.25, 0.3) is 0 Å². The fourth-order valence-corrected chi connectivity index (χ4v) is 1.19. The smallest absolute Gasteiger partial charge is 0.223 e. The van der Waals surface area contributed by atoms with E-state index in [0.717, 1.165) is 0 Å². The van der Waals surface area contributed by atoms with Crippen LogP contribution in [-0.4, -0.2) is 30.1 Å². The normalized spacial score (nSPS) is 19.2. The number of halogens is 1. The first-order valence-corrected chi connectivity index (χ1v) is 4.30. The number of amides is 1. The molecule has 0 aliphatic carbocycles. The second-order valence-corrected chi connectivity index (χ2v) is 4.63. The van der Waals surface area contributed by atoms with Crippen molar-refractivity contribution in [2.45, 2.75) is 33.4 Å². The van der Waals surface area contributed by atoms with E-state index in [4.69, 9.17) is 0 Å². The van der Waals surface area contributed by atoms with Crippen LogP contribution in [0, 0.1) is 5.41 Å². The Hall–Kier alpha value is -0.600. The maximum absolute atomic E-state index is 12.4. The largest absolute Gasteiger partial charge is 0.337 e. The van der Waals surface area contributed by atoms with Crippen molar-refractivity contribution in [3.8, 4) is 0 Å². The average Bonchev–Trinajstić information content (AvgIpc) is 1.76. The fraction of sp³-hybridized carbons (Fsp3) is 0.889. The van der Waals surface area contributed by atoms with E-state index in [1.165, 1.54) is 0 Å². The summed E-state index contributed by atoms with van der Waals surface area (Å²) < 4.78 is 12.4. The molecule has 0 bridgehead atoms. The maximum atomic E-state index is 12.4. The molecule has 1 fully saturated rings. The monoisotopic (exact) mass is 173 g/mol. The molecule has 0 atom stereocenters. The first-order valence-electron chi connectivity index (χ1n) is 4.30. The van der Waals surface area contributed by atoms with Crippen LogP contribution in [0.4, 0.5) is 4.39 Å². The number of nitrogens with zero attached hydrogens (tertiary/aromatic N) is 1. The lowest BCUT2D eigenvalue weighted by molar-refractivity contribution is -0.140. The Bertz CT molecular complexity index is 179. The van der Waals surface area contributed by atoms with Gasteiger partial charge in [-0.05, 0) is 5.41 Å². The van der Waals surface area contributed by atoms with Crippen molar-refractivity contribution in [1.29, 1.82) is 0 Å². The second kappa shape index (κ2) is 3.04. The molecule has 0 saturated carbocycles. The second-order valence-electron chi connectivity index (χ2n) is 4.63. The average molecular weight is 173 g/mol. The third-order valence-electron chi connectivity index (χ3n) is 1.87. The summed E-state index contributed by atoms with van der Waals surface area (Å²) in [5.74, 6) is 0.0800. The minimum Gasteiger partial charge on any atom is -0.337 e. The highest BCUT2D eigenvalue weighted by Gasteiger charge is 2.31. The highest BCUT2D eigenvalue weighted by Crippen LogP contribution is 2.22. The zero-order chi connectivity index (χ0) is 9.35. The molecule has 0 unspecified atom stereocenters. The van der Waals surface area contributed by atoms with Gasteiger partial charge in [-0.1, -0.05) is 20.8 Å². The van der Waals surface area contributed by atoms with Gasteiger partial charge in [-0.3, -0.25) is 4.79 Å². The van der Waals surface area contributed by atoms with Gasteiger partial charge in [0, 0.05) is 6.42 Å². The van der Waals surface area contributed by atoms with Crippen LogP contribution in [0.25, 0.3) is 0 Å². The van der Waals surface area contributed by atoms with E-state index in [0.29, 0.717) is 19.5 Å². The minimum absolute atomic E-state index is 0.0124. The van der Waals surface area contributed by atoms with E-state index in [-0.39, 0.29) is 11.3 Å². The molecule has 2 nitrogen and oxygen atoms in total. The molecule has 1 amide bonds. The van der Waals surface area contributed by atoms with E-state index >= 15 is 0 Å². The van der Waals surface area contributed by atoms with E-state index in [9.17, 15) is 9.18 Å². The van der Waals surface area contributed by atoms with Crippen molar-refractivity contribution in [3.05, 3.63) is 0 Å². The lowest BCUT2D eigenvalue weighted by Crippen LogP contribution is -2.52.